The summed E-state index contributed by atoms with van der Waals surface area (Å²) in [5.74, 6) is -0.0135. The second kappa shape index (κ2) is 12.7. The van der Waals surface area contributed by atoms with Crippen LogP contribution in [0.15, 0.2) is 48.7 Å². The zero-order chi connectivity index (χ0) is 29.0. The molecule has 0 aliphatic carbocycles. The number of benzene rings is 2. The monoisotopic (exact) mass is 588 g/mol. The molecular weight excluding hydrogens is 558 g/mol. The molecule has 0 spiro atoms. The van der Waals surface area contributed by atoms with Crippen LogP contribution in [-0.4, -0.2) is 59.6 Å². The molecule has 4 rings (SSSR count). The zero-order valence-electron chi connectivity index (χ0n) is 22.5. The third kappa shape index (κ3) is 6.77. The van der Waals surface area contributed by atoms with Gasteiger partial charge in [0.05, 0.1) is 11.6 Å². The molecule has 0 radical (unpaired) electrons. The Morgan fingerprint density at radius 1 is 1.00 bits per heavy atom. The molecule has 0 saturated carbocycles. The van der Waals surface area contributed by atoms with Crippen LogP contribution in [0.3, 0.4) is 0 Å². The molecule has 40 heavy (non-hydrogen) atoms. The Kier molecular flexibility index (Phi) is 9.37. The molecule has 1 aromatic heterocycles. The predicted octanol–water partition coefficient (Wildman–Crippen LogP) is 6.47. The van der Waals surface area contributed by atoms with Gasteiger partial charge in [0.25, 0.3) is 5.91 Å². The lowest BCUT2D eigenvalue weighted by molar-refractivity contribution is 0.0535. The number of rotatable bonds is 7. The summed E-state index contributed by atoms with van der Waals surface area (Å²) < 4.78 is 25.3. The van der Waals surface area contributed by atoms with Crippen LogP contribution < -0.4 is 10.5 Å². The summed E-state index contributed by atoms with van der Waals surface area (Å²) in [6, 6.07) is 11.4. The second-order valence-corrected chi connectivity index (χ2v) is 10.7. The van der Waals surface area contributed by atoms with Gasteiger partial charge in [-0.2, -0.15) is 0 Å². The lowest BCUT2D eigenvalue weighted by Crippen LogP contribution is -2.50. The number of nitrogen functional groups attached to an aromatic ring is 1. The van der Waals surface area contributed by atoms with Gasteiger partial charge in [-0.25, -0.2) is 14.2 Å². The summed E-state index contributed by atoms with van der Waals surface area (Å²) in [7, 11) is 0. The highest BCUT2D eigenvalue weighted by Crippen LogP contribution is 2.37. The van der Waals surface area contributed by atoms with Crippen molar-refractivity contribution in [1.29, 1.82) is 0 Å². The van der Waals surface area contributed by atoms with E-state index < -0.39 is 11.9 Å². The summed E-state index contributed by atoms with van der Waals surface area (Å²) in [5.41, 5.74) is 8.39. The first-order valence-electron chi connectivity index (χ1n) is 12.9. The summed E-state index contributed by atoms with van der Waals surface area (Å²) in [5, 5.41) is 0.157. The number of aromatic nitrogens is 1. The Balaban J connectivity index is 1.42. The largest absolute Gasteiger partial charge is 0.482 e. The predicted molar refractivity (Wildman–Crippen MR) is 153 cm³/mol. The Hall–Kier alpha value is -3.56. The minimum atomic E-state index is -0.701. The Morgan fingerprint density at radius 2 is 1.65 bits per heavy atom. The smallest absolute Gasteiger partial charge is 0.409 e. The van der Waals surface area contributed by atoms with Gasteiger partial charge in [-0.3, -0.25) is 4.79 Å². The summed E-state index contributed by atoms with van der Waals surface area (Å²) in [6.07, 6.45) is 0.554. The standard InChI is InChI=1S/C29H31Cl2FN4O4/c1-17(2)16-39-29(38)36-12-10-35(11-13-36)28(37)20-6-4-19(5-7-20)21-14-24(27(33)34-15-21)40-18(3)25-22(30)8-9-23(32)26(25)31/h4-9,14-15,17-18H,10-13,16H2,1-3H3,(H2,33,34). The number of halogens is 3. The summed E-state index contributed by atoms with van der Waals surface area (Å²) >= 11 is 12.4. The van der Waals surface area contributed by atoms with Gasteiger partial charge in [-0.1, -0.05) is 49.2 Å². The van der Waals surface area contributed by atoms with Gasteiger partial charge in [-0.15, -0.1) is 0 Å². The van der Waals surface area contributed by atoms with Crippen molar-refractivity contribution in [2.24, 2.45) is 5.92 Å². The zero-order valence-corrected chi connectivity index (χ0v) is 24.0. The first-order valence-corrected chi connectivity index (χ1v) is 13.7. The number of hydrogen-bond donors (Lipinski definition) is 1. The van der Waals surface area contributed by atoms with Crippen LogP contribution in [0.2, 0.25) is 10.0 Å². The number of anilines is 1. The number of hydrogen-bond acceptors (Lipinski definition) is 6. The average molecular weight is 589 g/mol. The molecular formula is C29H31Cl2FN4O4. The third-order valence-electron chi connectivity index (χ3n) is 6.50. The van der Waals surface area contributed by atoms with Crippen molar-refractivity contribution in [1.82, 2.24) is 14.8 Å². The number of piperazine rings is 1. The molecule has 1 aliphatic rings. The molecule has 8 nitrogen and oxygen atoms in total. The van der Waals surface area contributed by atoms with Crippen molar-refractivity contribution in [2.75, 3.05) is 38.5 Å². The van der Waals surface area contributed by atoms with E-state index in [1.807, 2.05) is 26.0 Å². The fourth-order valence-corrected chi connectivity index (χ4v) is 4.96. The molecule has 2 N–H and O–H groups in total. The minimum Gasteiger partial charge on any atom is -0.482 e. The van der Waals surface area contributed by atoms with E-state index in [9.17, 15) is 14.0 Å². The average Bonchev–Trinajstić information content (AvgIpc) is 2.95. The second-order valence-electron chi connectivity index (χ2n) is 9.95. The maximum atomic E-state index is 14.0. The van der Waals surface area contributed by atoms with E-state index in [1.54, 1.807) is 41.1 Å². The third-order valence-corrected chi connectivity index (χ3v) is 7.22. The van der Waals surface area contributed by atoms with Crippen molar-refractivity contribution in [3.05, 3.63) is 75.7 Å². The van der Waals surface area contributed by atoms with Gasteiger partial charge in [0, 0.05) is 54.1 Å². The molecule has 2 amide bonds. The fourth-order valence-electron chi connectivity index (χ4n) is 4.28. The molecule has 1 unspecified atom stereocenters. The molecule has 2 aromatic carbocycles. The number of nitrogens with zero attached hydrogens (tertiary/aromatic N) is 3. The topological polar surface area (TPSA) is 98.0 Å². The highest BCUT2D eigenvalue weighted by Gasteiger charge is 2.26. The van der Waals surface area contributed by atoms with Crippen LogP contribution in [0.25, 0.3) is 11.1 Å². The number of pyridine rings is 1. The Morgan fingerprint density at radius 3 is 2.30 bits per heavy atom. The van der Waals surface area contributed by atoms with E-state index in [0.29, 0.717) is 49.5 Å². The van der Waals surface area contributed by atoms with Gasteiger partial charge in [0.15, 0.2) is 11.6 Å². The molecule has 1 atom stereocenters. The Bertz CT molecular complexity index is 1380. The molecule has 212 valence electrons. The van der Waals surface area contributed by atoms with Crippen LogP contribution in [-0.2, 0) is 4.74 Å². The van der Waals surface area contributed by atoms with Gasteiger partial charge < -0.3 is 25.0 Å². The highest BCUT2D eigenvalue weighted by molar-refractivity contribution is 6.36. The van der Waals surface area contributed by atoms with Gasteiger partial charge in [0.2, 0.25) is 0 Å². The van der Waals surface area contributed by atoms with E-state index in [4.69, 9.17) is 38.4 Å². The van der Waals surface area contributed by atoms with E-state index >= 15 is 0 Å². The SMILES string of the molecule is CC(C)COC(=O)N1CCN(C(=O)c2ccc(-c3cnc(N)c(OC(C)c4c(Cl)ccc(F)c4Cl)c3)cc2)CC1. The van der Waals surface area contributed by atoms with Crippen molar-refractivity contribution in [3.63, 3.8) is 0 Å². The molecule has 1 fully saturated rings. The van der Waals surface area contributed by atoms with E-state index in [0.717, 1.165) is 5.56 Å². The van der Waals surface area contributed by atoms with Crippen LogP contribution in [0, 0.1) is 11.7 Å². The quantitative estimate of drug-likeness (QED) is 0.318. The van der Waals surface area contributed by atoms with Crippen molar-refractivity contribution >= 4 is 41.0 Å². The lowest BCUT2D eigenvalue weighted by atomic mass is 10.0. The number of amides is 2. The van der Waals surface area contributed by atoms with E-state index in [2.05, 4.69) is 4.98 Å². The summed E-state index contributed by atoms with van der Waals surface area (Å²) in [4.78, 5) is 32.8. The van der Waals surface area contributed by atoms with Gasteiger partial charge in [-0.05, 0) is 48.7 Å². The van der Waals surface area contributed by atoms with E-state index in [-0.39, 0.29) is 39.5 Å². The van der Waals surface area contributed by atoms with Crippen LogP contribution >= 0.6 is 23.2 Å². The lowest BCUT2D eigenvalue weighted by Gasteiger charge is -2.34. The van der Waals surface area contributed by atoms with Crippen molar-refractivity contribution < 1.29 is 23.5 Å². The number of ether oxygens (including phenoxy) is 2. The van der Waals surface area contributed by atoms with Crippen molar-refractivity contribution in [3.8, 4) is 16.9 Å². The first-order chi connectivity index (χ1) is 19.0. The first kappa shape index (κ1) is 29.4. The van der Waals surface area contributed by atoms with Gasteiger partial charge in [0.1, 0.15) is 11.9 Å². The van der Waals surface area contributed by atoms with Crippen LogP contribution in [0.4, 0.5) is 15.0 Å². The highest BCUT2D eigenvalue weighted by atomic mass is 35.5. The van der Waals surface area contributed by atoms with Crippen LogP contribution in [0.1, 0.15) is 42.8 Å². The molecule has 0 bridgehead atoms. The van der Waals surface area contributed by atoms with E-state index in [1.165, 1.54) is 12.1 Å². The maximum absolute atomic E-state index is 14.0. The number of nitrogens with two attached hydrogens (primary N) is 1. The number of carbonyl (C=O) groups is 2. The molecule has 11 heteroatoms. The molecule has 2 heterocycles. The van der Waals surface area contributed by atoms with Crippen molar-refractivity contribution in [2.45, 2.75) is 26.9 Å². The summed E-state index contributed by atoms with van der Waals surface area (Å²) in [6.45, 7) is 7.72. The number of carbonyl (C=O) groups excluding carboxylic acids is 2. The maximum Gasteiger partial charge on any atom is 0.409 e. The van der Waals surface area contributed by atoms with Gasteiger partial charge >= 0.3 is 6.09 Å². The molecule has 3 aromatic rings. The normalized spacial score (nSPS) is 14.3. The Labute approximate surface area is 242 Å². The van der Waals surface area contributed by atoms with Crippen LogP contribution in [0.5, 0.6) is 5.75 Å². The fraction of sp³-hybridized carbons (Fsp3) is 0.345. The molecule has 1 aliphatic heterocycles. The minimum absolute atomic E-state index is 0.112. The molecule has 1 saturated heterocycles.